The molecular weight excluding hydrogens is 317 g/mol. The lowest BCUT2D eigenvalue weighted by Crippen LogP contribution is -2.21. The fourth-order valence-corrected chi connectivity index (χ4v) is 3.51. The van der Waals surface area contributed by atoms with Crippen LogP contribution < -0.4 is 11.1 Å². The third kappa shape index (κ3) is 2.11. The number of pyridine rings is 1. The molecule has 0 spiro atoms. The summed E-state index contributed by atoms with van der Waals surface area (Å²) < 4.78 is 13.7. The van der Waals surface area contributed by atoms with Crippen LogP contribution in [0.2, 0.25) is 0 Å². The Morgan fingerprint density at radius 2 is 2.22 bits per heavy atom. The van der Waals surface area contributed by atoms with Crippen LogP contribution in [0.1, 0.15) is 34.8 Å². The second-order valence-corrected chi connectivity index (χ2v) is 6.14. The molecule has 3 N–H and O–H groups in total. The van der Waals surface area contributed by atoms with Crippen molar-refractivity contribution in [1.82, 2.24) is 10.3 Å². The van der Waals surface area contributed by atoms with Gasteiger partial charge < -0.3 is 11.1 Å². The van der Waals surface area contributed by atoms with Crippen molar-refractivity contribution < 1.29 is 9.18 Å². The van der Waals surface area contributed by atoms with Gasteiger partial charge in [-0.3, -0.25) is 9.78 Å². The Balaban J connectivity index is 1.98. The summed E-state index contributed by atoms with van der Waals surface area (Å²) >= 11 is 6.28. The molecule has 0 saturated carbocycles. The molecule has 116 valence electrons. The molecule has 4 nitrogen and oxygen atoms in total. The molecule has 2 aliphatic rings. The summed E-state index contributed by atoms with van der Waals surface area (Å²) in [6.07, 6.45) is 3.76. The minimum atomic E-state index is -0.527. The highest BCUT2D eigenvalue weighted by Gasteiger charge is 2.36. The van der Waals surface area contributed by atoms with Gasteiger partial charge in [0.15, 0.2) is 0 Å². The van der Waals surface area contributed by atoms with E-state index in [-0.39, 0.29) is 18.2 Å². The largest absolute Gasteiger partial charge is 0.398 e. The first kappa shape index (κ1) is 14.2. The Morgan fingerprint density at radius 1 is 1.39 bits per heavy atom. The van der Waals surface area contributed by atoms with Crippen LogP contribution >= 0.6 is 11.6 Å². The highest BCUT2D eigenvalue weighted by molar-refractivity contribution is 6.30. The Hall–Kier alpha value is -2.40. The van der Waals surface area contributed by atoms with E-state index in [1.54, 1.807) is 18.3 Å². The number of fused-ring (bicyclic) bond motifs is 3. The number of aromatic nitrogens is 1. The maximum Gasteiger partial charge on any atom is 0.253 e. The van der Waals surface area contributed by atoms with Crippen molar-refractivity contribution in [3.63, 3.8) is 0 Å². The fraction of sp³-hybridized carbons (Fsp3) is 0.176. The van der Waals surface area contributed by atoms with Gasteiger partial charge in [0.1, 0.15) is 5.83 Å². The maximum atomic E-state index is 13.7. The van der Waals surface area contributed by atoms with Crippen molar-refractivity contribution in [3.8, 4) is 0 Å². The summed E-state index contributed by atoms with van der Waals surface area (Å²) in [5, 5.41) is 4.15. The topological polar surface area (TPSA) is 68.0 Å². The van der Waals surface area contributed by atoms with E-state index in [1.165, 1.54) is 6.08 Å². The molecule has 1 aliphatic heterocycles. The Morgan fingerprint density at radius 3 is 3.04 bits per heavy atom. The van der Waals surface area contributed by atoms with E-state index in [4.69, 9.17) is 17.3 Å². The Labute approximate surface area is 136 Å². The first-order chi connectivity index (χ1) is 11.1. The second-order valence-electron chi connectivity index (χ2n) is 5.68. The lowest BCUT2D eigenvalue weighted by atomic mass is 9.91. The van der Waals surface area contributed by atoms with Gasteiger partial charge in [-0.2, -0.15) is 0 Å². The predicted molar refractivity (Wildman–Crippen MR) is 87.7 cm³/mol. The summed E-state index contributed by atoms with van der Waals surface area (Å²) in [5.41, 5.74) is 8.98. The molecule has 6 heteroatoms. The number of nitrogens with one attached hydrogen (secondary N) is 1. The van der Waals surface area contributed by atoms with E-state index >= 15 is 0 Å². The maximum absolute atomic E-state index is 13.7. The van der Waals surface area contributed by atoms with Gasteiger partial charge in [0.25, 0.3) is 5.91 Å². The first-order valence-corrected chi connectivity index (χ1v) is 7.66. The third-order valence-electron chi connectivity index (χ3n) is 4.29. The van der Waals surface area contributed by atoms with Crippen LogP contribution in [-0.4, -0.2) is 10.9 Å². The lowest BCUT2D eigenvalue weighted by molar-refractivity contribution is 0.0961. The van der Waals surface area contributed by atoms with E-state index < -0.39 is 6.04 Å². The summed E-state index contributed by atoms with van der Waals surface area (Å²) in [5.74, 6) is -0.486. The number of carbonyl (C=O) groups is 1. The molecule has 1 atom stereocenters. The van der Waals surface area contributed by atoms with Gasteiger partial charge in [0, 0.05) is 34.3 Å². The molecule has 0 bridgehead atoms. The van der Waals surface area contributed by atoms with Gasteiger partial charge in [0.2, 0.25) is 0 Å². The van der Waals surface area contributed by atoms with Crippen molar-refractivity contribution in [1.29, 1.82) is 0 Å². The number of halogens is 2. The number of nitrogens with two attached hydrogens (primary N) is 1. The zero-order valence-corrected chi connectivity index (χ0v) is 12.8. The summed E-state index contributed by atoms with van der Waals surface area (Å²) in [6, 6.07) is 4.81. The lowest BCUT2D eigenvalue weighted by Gasteiger charge is -2.20. The van der Waals surface area contributed by atoms with Crippen molar-refractivity contribution >= 4 is 34.1 Å². The van der Waals surface area contributed by atoms with Gasteiger partial charge in [0.05, 0.1) is 17.1 Å². The predicted octanol–water partition coefficient (Wildman–Crippen LogP) is 3.74. The third-order valence-corrected chi connectivity index (χ3v) is 4.70. The van der Waals surface area contributed by atoms with Crippen molar-refractivity contribution in [2.24, 2.45) is 0 Å². The molecule has 1 unspecified atom stereocenters. The number of rotatable bonds is 1. The van der Waals surface area contributed by atoms with E-state index in [1.807, 2.05) is 6.07 Å². The molecule has 1 aromatic heterocycles. The number of allylic oxidation sites excluding steroid dienone is 2. The molecule has 0 saturated heterocycles. The van der Waals surface area contributed by atoms with Gasteiger partial charge >= 0.3 is 0 Å². The first-order valence-electron chi connectivity index (χ1n) is 7.29. The molecule has 1 aliphatic carbocycles. The van der Waals surface area contributed by atoms with E-state index in [9.17, 15) is 9.18 Å². The van der Waals surface area contributed by atoms with E-state index in [2.05, 4.69) is 10.3 Å². The number of carbonyl (C=O) groups excluding carboxylic acids is 1. The monoisotopic (exact) mass is 329 g/mol. The summed E-state index contributed by atoms with van der Waals surface area (Å²) in [6.45, 7) is 0. The minimum Gasteiger partial charge on any atom is -0.398 e. The van der Waals surface area contributed by atoms with E-state index in [0.717, 1.165) is 5.39 Å². The molecule has 2 heterocycles. The van der Waals surface area contributed by atoms with Gasteiger partial charge in [-0.25, -0.2) is 4.39 Å². The molecule has 1 aromatic carbocycles. The highest BCUT2D eigenvalue weighted by atomic mass is 35.5. The Kier molecular flexibility index (Phi) is 3.13. The molecule has 0 radical (unpaired) electrons. The smallest absolute Gasteiger partial charge is 0.253 e. The number of nitrogen functional groups attached to an aromatic ring is 1. The average molecular weight is 330 g/mol. The van der Waals surface area contributed by atoms with Crippen molar-refractivity contribution in [3.05, 3.63) is 58.0 Å². The van der Waals surface area contributed by atoms with Crippen LogP contribution in [0.25, 0.3) is 10.9 Å². The molecule has 23 heavy (non-hydrogen) atoms. The standard InChI is InChI=1S/C17H13ClFN3O/c18-11-4-3-8(19)6-10(11)16-15-12(20)7-13-9(2-1-5-21-13)14(15)17(23)22-16/h1-2,5-7,16H,3-4,20H2,(H,22,23). The van der Waals surface area contributed by atoms with Crippen LogP contribution in [0, 0.1) is 0 Å². The van der Waals surface area contributed by atoms with E-state index in [0.29, 0.717) is 39.4 Å². The number of benzene rings is 1. The second kappa shape index (κ2) is 5.06. The number of hydrogen-bond acceptors (Lipinski definition) is 3. The highest BCUT2D eigenvalue weighted by Crippen LogP contribution is 2.43. The van der Waals surface area contributed by atoms with Crippen molar-refractivity contribution in [2.45, 2.75) is 18.9 Å². The van der Waals surface area contributed by atoms with Gasteiger partial charge in [-0.15, -0.1) is 0 Å². The number of hydrogen-bond donors (Lipinski definition) is 2. The molecule has 2 aromatic rings. The molecular formula is C17H13ClFN3O. The minimum absolute atomic E-state index is 0.242. The summed E-state index contributed by atoms with van der Waals surface area (Å²) in [4.78, 5) is 16.7. The molecule has 1 amide bonds. The Bertz CT molecular complexity index is 919. The number of anilines is 1. The van der Waals surface area contributed by atoms with Crippen LogP contribution in [0.3, 0.4) is 0 Å². The quantitative estimate of drug-likeness (QED) is 0.783. The van der Waals surface area contributed by atoms with Crippen LogP contribution in [0.5, 0.6) is 0 Å². The van der Waals surface area contributed by atoms with Crippen LogP contribution in [-0.2, 0) is 0 Å². The van der Waals surface area contributed by atoms with Crippen molar-refractivity contribution in [2.75, 3.05) is 5.73 Å². The molecule has 0 fully saturated rings. The number of amides is 1. The van der Waals surface area contributed by atoms with Crippen LogP contribution in [0.15, 0.2) is 46.9 Å². The average Bonchev–Trinajstić information content (AvgIpc) is 2.88. The van der Waals surface area contributed by atoms with Gasteiger partial charge in [-0.1, -0.05) is 17.7 Å². The van der Waals surface area contributed by atoms with Crippen LogP contribution in [0.4, 0.5) is 10.1 Å². The number of nitrogens with zero attached hydrogens (tertiary/aromatic N) is 1. The SMILES string of the molecule is Nc1cc2ncccc2c2c1C(C1=C(Cl)CCC(F)=C1)NC2=O. The van der Waals surface area contributed by atoms with Gasteiger partial charge in [-0.05, 0) is 30.2 Å². The summed E-state index contributed by atoms with van der Waals surface area (Å²) in [7, 11) is 0. The normalized spacial score (nSPS) is 20.5. The molecule has 4 rings (SSSR count). The fourth-order valence-electron chi connectivity index (χ4n) is 3.26. The zero-order chi connectivity index (χ0) is 16.1. The zero-order valence-electron chi connectivity index (χ0n) is 12.1.